The second kappa shape index (κ2) is 8.08. The zero-order valence-electron chi connectivity index (χ0n) is 11.1. The quantitative estimate of drug-likeness (QED) is 0.552. The minimum atomic E-state index is -2.34. The molecule has 0 bridgehead atoms. The summed E-state index contributed by atoms with van der Waals surface area (Å²) >= 11 is 0. The maximum absolute atomic E-state index is 11.4. The van der Waals surface area contributed by atoms with Crippen LogP contribution in [0, 0.1) is 0 Å². The summed E-state index contributed by atoms with van der Waals surface area (Å²) in [6, 6.07) is 0. The van der Waals surface area contributed by atoms with Gasteiger partial charge in [0.2, 0.25) is 0 Å². The maximum Gasteiger partial charge on any atom is 0.398 e. The molecule has 0 saturated carbocycles. The van der Waals surface area contributed by atoms with E-state index in [1.807, 2.05) is 6.92 Å². The summed E-state index contributed by atoms with van der Waals surface area (Å²) in [5.41, 5.74) is 0. The first-order valence-electron chi connectivity index (χ1n) is 6.37. The van der Waals surface area contributed by atoms with Gasteiger partial charge in [-0.05, 0) is 19.8 Å². The monoisotopic (exact) mass is 276 g/mol. The van der Waals surface area contributed by atoms with E-state index in [0.717, 1.165) is 0 Å². The van der Waals surface area contributed by atoms with Crippen LogP contribution in [0.2, 0.25) is 0 Å². The highest BCUT2D eigenvalue weighted by molar-refractivity contribution is 5.72. The molecule has 0 aromatic rings. The van der Waals surface area contributed by atoms with Crippen molar-refractivity contribution in [2.45, 2.75) is 38.6 Å². The molecule has 1 aliphatic heterocycles. The van der Waals surface area contributed by atoms with E-state index in [0.29, 0.717) is 26.1 Å². The molecule has 110 valence electrons. The maximum atomic E-state index is 11.4. The molecule has 0 aromatic carbocycles. The van der Waals surface area contributed by atoms with E-state index >= 15 is 0 Å². The van der Waals surface area contributed by atoms with Gasteiger partial charge in [-0.1, -0.05) is 0 Å². The number of cyclic esters (lactones) is 2. The van der Waals surface area contributed by atoms with E-state index in [-0.39, 0.29) is 19.4 Å². The van der Waals surface area contributed by atoms with Gasteiger partial charge in [0.1, 0.15) is 0 Å². The molecule has 0 spiro atoms. The molecule has 1 rings (SSSR count). The van der Waals surface area contributed by atoms with Crippen LogP contribution in [-0.4, -0.2) is 49.4 Å². The Morgan fingerprint density at radius 1 is 1.11 bits per heavy atom. The fourth-order valence-corrected chi connectivity index (χ4v) is 1.54. The number of rotatable bonds is 6. The zero-order valence-corrected chi connectivity index (χ0v) is 11.1. The zero-order chi connectivity index (χ0) is 14.1. The molecule has 1 saturated heterocycles. The number of esters is 2. The lowest BCUT2D eigenvalue weighted by Gasteiger charge is -2.25. The van der Waals surface area contributed by atoms with Crippen LogP contribution >= 0.6 is 0 Å². The summed E-state index contributed by atoms with van der Waals surface area (Å²) in [7, 11) is 0. The molecule has 1 N–H and O–H groups in total. The van der Waals surface area contributed by atoms with Gasteiger partial charge in [-0.3, -0.25) is 9.59 Å². The molecular formula is C12H20O7. The predicted molar refractivity (Wildman–Crippen MR) is 62.9 cm³/mol. The van der Waals surface area contributed by atoms with Gasteiger partial charge in [0.15, 0.2) is 6.61 Å². The summed E-state index contributed by atoms with van der Waals surface area (Å²) in [6.07, 6.45) is 1.32. The van der Waals surface area contributed by atoms with Crippen molar-refractivity contribution in [3.63, 3.8) is 0 Å². The largest absolute Gasteiger partial charge is 0.398 e. The Balaban J connectivity index is 2.46. The molecule has 7 heteroatoms. The van der Waals surface area contributed by atoms with Crippen molar-refractivity contribution >= 4 is 11.9 Å². The number of carbonyl (C=O) groups excluding carboxylic acids is 2. The van der Waals surface area contributed by atoms with Crippen molar-refractivity contribution < 1.29 is 33.6 Å². The molecule has 0 amide bonds. The molecule has 0 atom stereocenters. The van der Waals surface area contributed by atoms with Crippen molar-refractivity contribution in [3.05, 3.63) is 0 Å². The van der Waals surface area contributed by atoms with E-state index in [4.69, 9.17) is 18.9 Å². The van der Waals surface area contributed by atoms with Gasteiger partial charge < -0.3 is 24.1 Å². The standard InChI is InChI=1S/C12H20O7/c1-2-16-7-8-17-9-12(15)18-10(13)5-3-4-6-11(14)19-12/h15H,2-9H2,1H3. The number of ether oxygens (including phenoxy) is 4. The summed E-state index contributed by atoms with van der Waals surface area (Å²) in [5.74, 6) is -3.58. The lowest BCUT2D eigenvalue weighted by Crippen LogP contribution is -2.44. The first-order valence-corrected chi connectivity index (χ1v) is 6.37. The fraction of sp³-hybridized carbons (Fsp3) is 0.833. The highest BCUT2D eigenvalue weighted by atomic mass is 16.9. The van der Waals surface area contributed by atoms with E-state index in [9.17, 15) is 14.7 Å². The van der Waals surface area contributed by atoms with Gasteiger partial charge in [0.05, 0.1) is 13.2 Å². The Kier molecular flexibility index (Phi) is 6.75. The Labute approximate surface area is 111 Å². The summed E-state index contributed by atoms with van der Waals surface area (Å²) < 4.78 is 19.6. The number of carbonyl (C=O) groups is 2. The summed E-state index contributed by atoms with van der Waals surface area (Å²) in [5, 5.41) is 9.95. The second-order valence-corrected chi connectivity index (χ2v) is 4.12. The summed E-state index contributed by atoms with van der Waals surface area (Å²) in [6.45, 7) is 2.50. The molecule has 1 fully saturated rings. The van der Waals surface area contributed by atoms with Gasteiger partial charge in [-0.15, -0.1) is 0 Å². The Morgan fingerprint density at radius 2 is 1.63 bits per heavy atom. The molecule has 19 heavy (non-hydrogen) atoms. The van der Waals surface area contributed by atoms with Crippen molar-refractivity contribution in [2.24, 2.45) is 0 Å². The van der Waals surface area contributed by atoms with Gasteiger partial charge in [0.25, 0.3) is 0 Å². The van der Waals surface area contributed by atoms with E-state index in [1.54, 1.807) is 0 Å². The highest BCUT2D eigenvalue weighted by Gasteiger charge is 2.37. The normalized spacial score (nSPS) is 19.9. The first-order chi connectivity index (χ1) is 9.06. The predicted octanol–water partition coefficient (Wildman–Crippen LogP) is 0.346. The Bertz CT molecular complexity index is 282. The van der Waals surface area contributed by atoms with E-state index < -0.39 is 24.5 Å². The van der Waals surface area contributed by atoms with Crippen molar-refractivity contribution in [2.75, 3.05) is 26.4 Å². The third-order valence-corrected chi connectivity index (χ3v) is 2.42. The van der Waals surface area contributed by atoms with Gasteiger partial charge >= 0.3 is 17.9 Å². The van der Waals surface area contributed by atoms with E-state index in [1.165, 1.54) is 0 Å². The lowest BCUT2D eigenvalue weighted by molar-refractivity contribution is -0.341. The van der Waals surface area contributed by atoms with Crippen molar-refractivity contribution in [3.8, 4) is 0 Å². The number of hydrogen-bond acceptors (Lipinski definition) is 7. The molecule has 7 nitrogen and oxygen atoms in total. The Morgan fingerprint density at radius 3 is 2.16 bits per heavy atom. The van der Waals surface area contributed by atoms with Crippen LogP contribution in [0.5, 0.6) is 0 Å². The Hall–Kier alpha value is -1.18. The van der Waals surface area contributed by atoms with Crippen LogP contribution in [0.15, 0.2) is 0 Å². The van der Waals surface area contributed by atoms with Gasteiger partial charge in [-0.25, -0.2) is 0 Å². The molecule has 0 aliphatic carbocycles. The molecule has 1 heterocycles. The number of hydrogen-bond donors (Lipinski definition) is 1. The minimum absolute atomic E-state index is 0.137. The SMILES string of the molecule is CCOCCOCC1(O)OC(=O)CCCCC(=O)O1. The average molecular weight is 276 g/mol. The van der Waals surface area contributed by atoms with Crippen molar-refractivity contribution in [1.29, 1.82) is 0 Å². The van der Waals surface area contributed by atoms with Crippen LogP contribution in [0.1, 0.15) is 32.6 Å². The fourth-order valence-electron chi connectivity index (χ4n) is 1.54. The minimum Gasteiger partial charge on any atom is -0.396 e. The smallest absolute Gasteiger partial charge is 0.396 e. The molecule has 0 aromatic heterocycles. The molecular weight excluding hydrogens is 256 g/mol. The van der Waals surface area contributed by atoms with E-state index in [2.05, 4.69) is 0 Å². The third kappa shape index (κ3) is 6.51. The highest BCUT2D eigenvalue weighted by Crippen LogP contribution is 2.17. The van der Waals surface area contributed by atoms with Gasteiger partial charge in [-0.2, -0.15) is 0 Å². The van der Waals surface area contributed by atoms with Crippen LogP contribution < -0.4 is 0 Å². The van der Waals surface area contributed by atoms with Crippen LogP contribution in [0.3, 0.4) is 0 Å². The molecule has 0 unspecified atom stereocenters. The lowest BCUT2D eigenvalue weighted by atomic mass is 10.2. The topological polar surface area (TPSA) is 91.3 Å². The van der Waals surface area contributed by atoms with Crippen LogP contribution in [0.4, 0.5) is 0 Å². The molecule has 1 aliphatic rings. The molecule has 0 radical (unpaired) electrons. The third-order valence-electron chi connectivity index (χ3n) is 2.42. The van der Waals surface area contributed by atoms with Crippen LogP contribution in [0.25, 0.3) is 0 Å². The van der Waals surface area contributed by atoms with Gasteiger partial charge in [0, 0.05) is 19.4 Å². The second-order valence-electron chi connectivity index (χ2n) is 4.12. The average Bonchev–Trinajstić information content (AvgIpc) is 2.39. The first kappa shape index (κ1) is 15.9. The summed E-state index contributed by atoms with van der Waals surface area (Å²) in [4.78, 5) is 22.8. The van der Waals surface area contributed by atoms with Crippen molar-refractivity contribution in [1.82, 2.24) is 0 Å². The van der Waals surface area contributed by atoms with Crippen LogP contribution in [-0.2, 0) is 28.5 Å². The number of aliphatic hydroxyl groups is 1.